The van der Waals surface area contributed by atoms with Gasteiger partial charge in [-0.3, -0.25) is 14.5 Å². The number of imide groups is 1. The smallest absolute Gasteiger partial charge is 0.255 e. The van der Waals surface area contributed by atoms with E-state index in [2.05, 4.69) is 0 Å². The van der Waals surface area contributed by atoms with Crippen molar-refractivity contribution in [3.63, 3.8) is 0 Å². The number of hydrogen-bond acceptors (Lipinski definition) is 4. The zero-order valence-electron chi connectivity index (χ0n) is 8.98. The Bertz CT molecular complexity index is 460. The Hall–Kier alpha value is -1.95. The number of nitrogens with two attached hydrogens (primary N) is 1. The molecular weight excluding hydrogens is 227 g/mol. The number of halogens is 1. The largest absolute Gasteiger partial charge is 0.399 e. The number of anilines is 1. The predicted molar refractivity (Wildman–Crippen MR) is 57.2 cm³/mol. The maximum atomic E-state index is 13.5. The molecule has 0 radical (unpaired) electrons. The third-order valence-electron chi connectivity index (χ3n) is 2.46. The topological polar surface area (TPSA) is 72.6 Å². The zero-order valence-corrected chi connectivity index (χ0v) is 8.98. The molecule has 1 aliphatic heterocycles. The minimum atomic E-state index is -0.530. The highest BCUT2D eigenvalue weighted by Gasteiger charge is 2.27. The number of amides is 2. The van der Waals surface area contributed by atoms with Gasteiger partial charge in [0.15, 0.2) is 0 Å². The van der Waals surface area contributed by atoms with Crippen molar-refractivity contribution in [2.75, 3.05) is 18.9 Å². The molecule has 0 saturated carbocycles. The van der Waals surface area contributed by atoms with Gasteiger partial charge in [0.05, 0.1) is 6.54 Å². The molecule has 0 spiro atoms. The summed E-state index contributed by atoms with van der Waals surface area (Å²) in [5, 5.41) is 0. The number of carbonyl (C=O) groups excluding carboxylic acids is 2. The van der Waals surface area contributed by atoms with E-state index < -0.39 is 17.6 Å². The van der Waals surface area contributed by atoms with Gasteiger partial charge in [0, 0.05) is 11.3 Å². The molecule has 1 aromatic rings. The zero-order chi connectivity index (χ0) is 12.4. The lowest BCUT2D eigenvalue weighted by atomic mass is 10.1. The molecule has 1 heterocycles. The second kappa shape index (κ2) is 4.50. The number of nitrogens with zero attached hydrogens (tertiary/aromatic N) is 1. The van der Waals surface area contributed by atoms with Crippen LogP contribution >= 0.6 is 0 Å². The Morgan fingerprint density at radius 3 is 2.53 bits per heavy atom. The van der Waals surface area contributed by atoms with Crippen LogP contribution in [0.25, 0.3) is 0 Å². The van der Waals surface area contributed by atoms with E-state index in [-0.39, 0.29) is 25.3 Å². The van der Waals surface area contributed by atoms with Crippen LogP contribution in [0.2, 0.25) is 0 Å². The summed E-state index contributed by atoms with van der Waals surface area (Å²) < 4.78 is 18.3. The molecule has 6 heteroatoms. The average Bonchev–Trinajstić information content (AvgIpc) is 2.26. The predicted octanol–water partition coefficient (Wildman–Crippen LogP) is 0.293. The van der Waals surface area contributed by atoms with Crippen molar-refractivity contribution in [3.8, 4) is 0 Å². The monoisotopic (exact) mass is 238 g/mol. The van der Waals surface area contributed by atoms with Crippen molar-refractivity contribution in [2.45, 2.75) is 6.54 Å². The number of hydrogen-bond donors (Lipinski definition) is 1. The Kier molecular flexibility index (Phi) is 3.06. The van der Waals surface area contributed by atoms with Crippen LogP contribution in [-0.2, 0) is 20.9 Å². The van der Waals surface area contributed by atoms with Gasteiger partial charge in [-0.05, 0) is 12.1 Å². The molecule has 2 rings (SSSR count). The number of rotatable bonds is 2. The maximum absolute atomic E-state index is 13.5. The molecule has 0 aromatic heterocycles. The number of nitrogen functional groups attached to an aromatic ring is 1. The molecule has 90 valence electrons. The van der Waals surface area contributed by atoms with Crippen molar-refractivity contribution in [3.05, 3.63) is 29.6 Å². The van der Waals surface area contributed by atoms with Crippen LogP contribution in [0, 0.1) is 5.82 Å². The van der Waals surface area contributed by atoms with Gasteiger partial charge in [0.2, 0.25) is 0 Å². The number of carbonyl (C=O) groups is 2. The van der Waals surface area contributed by atoms with E-state index in [0.717, 1.165) is 11.0 Å². The molecule has 0 atom stereocenters. The van der Waals surface area contributed by atoms with Gasteiger partial charge in [-0.15, -0.1) is 0 Å². The third kappa shape index (κ3) is 2.42. The van der Waals surface area contributed by atoms with Crippen molar-refractivity contribution in [1.29, 1.82) is 0 Å². The maximum Gasteiger partial charge on any atom is 0.255 e. The molecule has 2 amide bonds. The SMILES string of the molecule is Nc1ccc(CN2C(=O)COCC2=O)c(F)c1. The summed E-state index contributed by atoms with van der Waals surface area (Å²) in [5.74, 6) is -1.45. The summed E-state index contributed by atoms with van der Waals surface area (Å²) >= 11 is 0. The molecule has 5 nitrogen and oxygen atoms in total. The molecule has 0 unspecified atom stereocenters. The quantitative estimate of drug-likeness (QED) is 0.594. The first kappa shape index (κ1) is 11.5. The second-order valence-electron chi connectivity index (χ2n) is 3.72. The molecule has 1 aromatic carbocycles. The lowest BCUT2D eigenvalue weighted by Crippen LogP contribution is -2.45. The molecule has 17 heavy (non-hydrogen) atoms. The third-order valence-corrected chi connectivity index (χ3v) is 2.46. The van der Waals surface area contributed by atoms with Crippen LogP contribution in [0.4, 0.5) is 10.1 Å². The van der Waals surface area contributed by atoms with Crippen molar-refractivity contribution in [2.24, 2.45) is 0 Å². The summed E-state index contributed by atoms with van der Waals surface area (Å²) in [6.45, 7) is -0.391. The van der Waals surface area contributed by atoms with Gasteiger partial charge in [-0.1, -0.05) is 6.07 Å². The van der Waals surface area contributed by atoms with Crippen molar-refractivity contribution >= 4 is 17.5 Å². The van der Waals surface area contributed by atoms with E-state index in [0.29, 0.717) is 5.69 Å². The van der Waals surface area contributed by atoms with Crippen molar-refractivity contribution in [1.82, 2.24) is 4.90 Å². The molecular formula is C11H11FN2O3. The second-order valence-corrected chi connectivity index (χ2v) is 3.72. The van der Waals surface area contributed by atoms with Crippen LogP contribution in [0.15, 0.2) is 18.2 Å². The first-order valence-corrected chi connectivity index (χ1v) is 5.03. The minimum absolute atomic E-state index is 0.0901. The highest BCUT2D eigenvalue weighted by atomic mass is 19.1. The summed E-state index contributed by atoms with van der Waals surface area (Å²) in [5.41, 5.74) is 5.96. The summed E-state index contributed by atoms with van der Waals surface area (Å²) in [4.78, 5) is 23.8. The van der Waals surface area contributed by atoms with E-state index in [1.807, 2.05) is 0 Å². The van der Waals surface area contributed by atoms with Gasteiger partial charge < -0.3 is 10.5 Å². The van der Waals surface area contributed by atoms with Crippen LogP contribution in [0.3, 0.4) is 0 Å². The number of benzene rings is 1. The summed E-state index contributed by atoms with van der Waals surface area (Å²) in [6, 6.07) is 4.14. The van der Waals surface area contributed by atoms with Gasteiger partial charge in [-0.2, -0.15) is 0 Å². The van der Waals surface area contributed by atoms with E-state index in [9.17, 15) is 14.0 Å². The first-order chi connectivity index (χ1) is 8.08. The van der Waals surface area contributed by atoms with Crippen LogP contribution in [0.1, 0.15) is 5.56 Å². The Morgan fingerprint density at radius 1 is 1.29 bits per heavy atom. The van der Waals surface area contributed by atoms with Gasteiger partial charge in [0.1, 0.15) is 19.0 Å². The summed E-state index contributed by atoms with van der Waals surface area (Å²) in [6.07, 6.45) is 0. The molecule has 1 aliphatic rings. The Morgan fingerprint density at radius 2 is 1.94 bits per heavy atom. The van der Waals surface area contributed by atoms with E-state index in [1.165, 1.54) is 12.1 Å². The van der Waals surface area contributed by atoms with Crippen LogP contribution in [0.5, 0.6) is 0 Å². The normalized spacial score (nSPS) is 16.4. The fraction of sp³-hybridized carbons (Fsp3) is 0.273. The van der Waals surface area contributed by atoms with E-state index in [1.54, 1.807) is 0 Å². The standard InChI is InChI=1S/C11H11FN2O3/c12-9-3-8(13)2-1-7(9)4-14-10(15)5-17-6-11(14)16/h1-3H,4-6,13H2. The summed E-state index contributed by atoms with van der Waals surface area (Å²) in [7, 11) is 0. The number of morpholine rings is 1. The molecule has 0 bridgehead atoms. The fourth-order valence-corrected chi connectivity index (χ4v) is 1.56. The average molecular weight is 238 g/mol. The van der Waals surface area contributed by atoms with E-state index in [4.69, 9.17) is 10.5 Å². The van der Waals surface area contributed by atoms with Crippen molar-refractivity contribution < 1.29 is 18.7 Å². The highest BCUT2D eigenvalue weighted by Crippen LogP contribution is 2.15. The molecule has 1 fully saturated rings. The van der Waals surface area contributed by atoms with E-state index >= 15 is 0 Å². The molecule has 0 aliphatic carbocycles. The van der Waals surface area contributed by atoms with Crippen LogP contribution < -0.4 is 5.73 Å². The Balaban J connectivity index is 2.19. The van der Waals surface area contributed by atoms with Gasteiger partial charge in [0.25, 0.3) is 11.8 Å². The lowest BCUT2D eigenvalue weighted by Gasteiger charge is -2.25. The van der Waals surface area contributed by atoms with Gasteiger partial charge >= 0.3 is 0 Å². The molecule has 2 N–H and O–H groups in total. The number of ether oxygens (including phenoxy) is 1. The Labute approximate surface area is 97.0 Å². The highest BCUT2D eigenvalue weighted by molar-refractivity contribution is 5.98. The van der Waals surface area contributed by atoms with Crippen LogP contribution in [-0.4, -0.2) is 29.9 Å². The molecule has 1 saturated heterocycles. The lowest BCUT2D eigenvalue weighted by molar-refractivity contribution is -0.159. The fourth-order valence-electron chi connectivity index (χ4n) is 1.56. The first-order valence-electron chi connectivity index (χ1n) is 5.03. The van der Waals surface area contributed by atoms with Gasteiger partial charge in [-0.25, -0.2) is 4.39 Å². The minimum Gasteiger partial charge on any atom is -0.399 e.